The van der Waals surface area contributed by atoms with Gasteiger partial charge < -0.3 is 9.88 Å². The highest BCUT2D eigenvalue weighted by atomic mass is 32.2. The molecule has 0 aliphatic heterocycles. The fourth-order valence-corrected chi connectivity index (χ4v) is 1.80. The minimum atomic E-state index is 0.0904. The van der Waals surface area contributed by atoms with Crippen molar-refractivity contribution in [2.24, 2.45) is 0 Å². The molecule has 0 saturated heterocycles. The highest BCUT2D eigenvalue weighted by Crippen LogP contribution is 2.07. The number of thioether (sulfide) groups is 1. The molecule has 0 saturated carbocycles. The Morgan fingerprint density at radius 2 is 2.38 bits per heavy atom. The third-order valence-corrected chi connectivity index (χ3v) is 2.89. The van der Waals surface area contributed by atoms with Crippen LogP contribution in [-0.4, -0.2) is 27.5 Å². The molecule has 16 heavy (non-hydrogen) atoms. The first-order valence-electron chi connectivity index (χ1n) is 5.42. The lowest BCUT2D eigenvalue weighted by molar-refractivity contribution is -0.120. The van der Waals surface area contributed by atoms with Crippen LogP contribution in [0.2, 0.25) is 0 Å². The van der Waals surface area contributed by atoms with Crippen LogP contribution in [0.25, 0.3) is 0 Å². The van der Waals surface area contributed by atoms with Crippen LogP contribution in [0.15, 0.2) is 12.4 Å². The second-order valence-corrected chi connectivity index (χ2v) is 4.85. The van der Waals surface area contributed by atoms with Crippen molar-refractivity contribution < 1.29 is 4.79 Å². The van der Waals surface area contributed by atoms with Crippen LogP contribution in [0, 0.1) is 0 Å². The lowest BCUT2D eigenvalue weighted by atomic mass is 10.3. The SMILES string of the molecule is CSCCC(=O)NCc1nccn1C(C)C. The second-order valence-electron chi connectivity index (χ2n) is 3.86. The van der Waals surface area contributed by atoms with E-state index in [9.17, 15) is 4.79 Å². The highest BCUT2D eigenvalue weighted by Gasteiger charge is 2.07. The van der Waals surface area contributed by atoms with Gasteiger partial charge in [-0.3, -0.25) is 4.79 Å². The van der Waals surface area contributed by atoms with Gasteiger partial charge in [-0.1, -0.05) is 0 Å². The number of nitrogens with zero attached hydrogens (tertiary/aromatic N) is 2. The minimum absolute atomic E-state index is 0.0904. The van der Waals surface area contributed by atoms with Gasteiger partial charge in [0.2, 0.25) is 5.91 Å². The van der Waals surface area contributed by atoms with Gasteiger partial charge in [-0.25, -0.2) is 4.98 Å². The van der Waals surface area contributed by atoms with E-state index in [1.807, 2.05) is 12.5 Å². The van der Waals surface area contributed by atoms with E-state index in [1.54, 1.807) is 18.0 Å². The number of carbonyl (C=O) groups excluding carboxylic acids is 1. The van der Waals surface area contributed by atoms with E-state index in [2.05, 4.69) is 28.7 Å². The first-order valence-corrected chi connectivity index (χ1v) is 6.82. The number of imidazole rings is 1. The van der Waals surface area contributed by atoms with Gasteiger partial charge in [-0.15, -0.1) is 0 Å². The molecule has 90 valence electrons. The van der Waals surface area contributed by atoms with Gasteiger partial charge in [0.1, 0.15) is 5.82 Å². The molecule has 5 heteroatoms. The van der Waals surface area contributed by atoms with Gasteiger partial charge in [0.05, 0.1) is 6.54 Å². The minimum Gasteiger partial charge on any atom is -0.349 e. The monoisotopic (exact) mass is 241 g/mol. The molecule has 1 aromatic rings. The van der Waals surface area contributed by atoms with Crippen LogP contribution in [-0.2, 0) is 11.3 Å². The molecule has 0 spiro atoms. The molecule has 0 aromatic carbocycles. The third kappa shape index (κ3) is 3.89. The second kappa shape index (κ2) is 6.58. The molecule has 1 N–H and O–H groups in total. The zero-order valence-corrected chi connectivity index (χ0v) is 10.9. The van der Waals surface area contributed by atoms with Crippen LogP contribution >= 0.6 is 11.8 Å². The summed E-state index contributed by atoms with van der Waals surface area (Å²) in [5.74, 6) is 1.87. The van der Waals surface area contributed by atoms with E-state index in [0.717, 1.165) is 11.6 Å². The normalized spacial score (nSPS) is 10.8. The number of carbonyl (C=O) groups is 1. The Bertz CT molecular complexity index is 336. The predicted octanol–water partition coefficient (Wildman–Crippen LogP) is 1.83. The smallest absolute Gasteiger partial charge is 0.221 e. The Morgan fingerprint density at radius 3 is 3.00 bits per heavy atom. The van der Waals surface area contributed by atoms with Gasteiger partial charge in [0.25, 0.3) is 0 Å². The number of nitrogens with one attached hydrogen (secondary N) is 1. The third-order valence-electron chi connectivity index (χ3n) is 2.28. The van der Waals surface area contributed by atoms with Crippen LogP contribution in [0.1, 0.15) is 32.1 Å². The van der Waals surface area contributed by atoms with E-state index < -0.39 is 0 Å². The maximum Gasteiger partial charge on any atom is 0.221 e. The Kier molecular flexibility index (Phi) is 5.38. The Morgan fingerprint density at radius 1 is 1.62 bits per heavy atom. The van der Waals surface area contributed by atoms with Crippen molar-refractivity contribution in [1.82, 2.24) is 14.9 Å². The molecule has 1 rings (SSSR count). The Balaban J connectivity index is 2.42. The Labute approximate surface area is 101 Å². The van der Waals surface area contributed by atoms with Crippen LogP contribution in [0.3, 0.4) is 0 Å². The summed E-state index contributed by atoms with van der Waals surface area (Å²) in [4.78, 5) is 15.6. The van der Waals surface area contributed by atoms with Crippen molar-refractivity contribution in [3.63, 3.8) is 0 Å². The number of aromatic nitrogens is 2. The zero-order valence-electron chi connectivity index (χ0n) is 10.1. The lowest BCUT2D eigenvalue weighted by Crippen LogP contribution is -2.25. The summed E-state index contributed by atoms with van der Waals surface area (Å²) in [6, 6.07) is 0.376. The molecule has 1 heterocycles. The van der Waals surface area contributed by atoms with Crippen LogP contribution in [0.4, 0.5) is 0 Å². The zero-order chi connectivity index (χ0) is 12.0. The molecule has 1 aromatic heterocycles. The number of amides is 1. The summed E-state index contributed by atoms with van der Waals surface area (Å²) in [6.45, 7) is 4.71. The summed E-state index contributed by atoms with van der Waals surface area (Å²) >= 11 is 1.68. The van der Waals surface area contributed by atoms with Crippen molar-refractivity contribution in [3.8, 4) is 0 Å². The molecule has 0 radical (unpaired) electrons. The molecule has 4 nitrogen and oxygen atoms in total. The first kappa shape index (κ1) is 13.1. The van der Waals surface area contributed by atoms with E-state index in [1.165, 1.54) is 0 Å². The summed E-state index contributed by atoms with van der Waals surface area (Å²) in [5.41, 5.74) is 0. The lowest BCUT2D eigenvalue weighted by Gasteiger charge is -2.11. The average Bonchev–Trinajstić information content (AvgIpc) is 2.71. The van der Waals surface area contributed by atoms with Gasteiger partial charge in [0, 0.05) is 30.6 Å². The molecule has 0 aliphatic carbocycles. The predicted molar refractivity (Wildman–Crippen MR) is 67.5 cm³/mol. The van der Waals surface area contributed by atoms with E-state index in [0.29, 0.717) is 19.0 Å². The molecular weight excluding hydrogens is 222 g/mol. The van der Waals surface area contributed by atoms with E-state index >= 15 is 0 Å². The van der Waals surface area contributed by atoms with Gasteiger partial charge in [-0.2, -0.15) is 11.8 Å². The highest BCUT2D eigenvalue weighted by molar-refractivity contribution is 7.98. The summed E-state index contributed by atoms with van der Waals surface area (Å²) in [6.07, 6.45) is 6.28. The number of hydrogen-bond donors (Lipinski definition) is 1. The van der Waals surface area contributed by atoms with E-state index in [-0.39, 0.29) is 5.91 Å². The number of hydrogen-bond acceptors (Lipinski definition) is 3. The fraction of sp³-hybridized carbons (Fsp3) is 0.636. The average molecular weight is 241 g/mol. The van der Waals surface area contributed by atoms with Gasteiger partial charge in [-0.05, 0) is 20.1 Å². The van der Waals surface area contributed by atoms with Crippen molar-refractivity contribution in [2.45, 2.75) is 32.9 Å². The molecular formula is C11H19N3OS. The summed E-state index contributed by atoms with van der Waals surface area (Å²) < 4.78 is 2.06. The van der Waals surface area contributed by atoms with Crippen molar-refractivity contribution >= 4 is 17.7 Å². The quantitative estimate of drug-likeness (QED) is 0.826. The van der Waals surface area contributed by atoms with Gasteiger partial charge in [0.15, 0.2) is 0 Å². The largest absolute Gasteiger partial charge is 0.349 e. The molecule has 0 bridgehead atoms. The van der Waals surface area contributed by atoms with Crippen molar-refractivity contribution in [1.29, 1.82) is 0 Å². The Hall–Kier alpha value is -0.970. The molecule has 0 unspecified atom stereocenters. The molecule has 1 amide bonds. The maximum absolute atomic E-state index is 11.4. The molecule has 0 atom stereocenters. The van der Waals surface area contributed by atoms with Gasteiger partial charge >= 0.3 is 0 Å². The molecule has 0 fully saturated rings. The number of rotatable bonds is 6. The fourth-order valence-electron chi connectivity index (χ4n) is 1.41. The first-order chi connectivity index (χ1) is 7.65. The topological polar surface area (TPSA) is 46.9 Å². The summed E-state index contributed by atoms with van der Waals surface area (Å²) in [5, 5.41) is 2.88. The van der Waals surface area contributed by atoms with Crippen molar-refractivity contribution in [3.05, 3.63) is 18.2 Å². The standard InChI is InChI=1S/C11H19N3OS/c1-9(2)14-6-5-12-10(14)8-13-11(15)4-7-16-3/h5-6,9H,4,7-8H2,1-3H3,(H,13,15). The van der Waals surface area contributed by atoms with Crippen LogP contribution in [0.5, 0.6) is 0 Å². The van der Waals surface area contributed by atoms with Crippen molar-refractivity contribution in [2.75, 3.05) is 12.0 Å². The van der Waals surface area contributed by atoms with Crippen LogP contribution < -0.4 is 5.32 Å². The summed E-state index contributed by atoms with van der Waals surface area (Å²) in [7, 11) is 0. The van der Waals surface area contributed by atoms with E-state index in [4.69, 9.17) is 0 Å². The molecule has 0 aliphatic rings. The maximum atomic E-state index is 11.4.